The van der Waals surface area contributed by atoms with Crippen LogP contribution in [0.2, 0.25) is 0 Å². The molecule has 4 nitrogen and oxygen atoms in total. The van der Waals surface area contributed by atoms with E-state index in [9.17, 15) is 0 Å². The van der Waals surface area contributed by atoms with E-state index in [1.165, 1.54) is 0 Å². The molecule has 0 spiro atoms. The van der Waals surface area contributed by atoms with Crippen molar-refractivity contribution in [1.29, 1.82) is 0 Å². The van der Waals surface area contributed by atoms with Crippen LogP contribution in [-0.4, -0.2) is 118 Å². The van der Waals surface area contributed by atoms with E-state index in [0.717, 1.165) is 0 Å². The molecule has 0 aliphatic heterocycles. The minimum atomic E-state index is -1.75. The maximum absolute atomic E-state index is 8.25. The van der Waals surface area contributed by atoms with Gasteiger partial charge >= 0.3 is 143 Å². The van der Waals surface area contributed by atoms with E-state index in [2.05, 4.69) is 0 Å². The standard InChI is InChI=1S/3Ca.NO3.Na/c;;;2-1(3)4;/q3*+2;-1;+1. The van der Waals surface area contributed by atoms with Gasteiger partial charge in [0.2, 0.25) is 0 Å². The van der Waals surface area contributed by atoms with Gasteiger partial charge in [-0.15, -0.1) is 0 Å². The molecule has 0 unspecified atom stereocenters. The third kappa shape index (κ3) is 50.8. The van der Waals surface area contributed by atoms with Gasteiger partial charge < -0.3 is 15.3 Å². The van der Waals surface area contributed by atoms with Crippen molar-refractivity contribution >= 4 is 113 Å². The van der Waals surface area contributed by atoms with E-state index in [1.807, 2.05) is 0 Å². The first-order chi connectivity index (χ1) is 1.73. The van der Waals surface area contributed by atoms with Gasteiger partial charge in [-0.1, -0.05) is 0 Å². The van der Waals surface area contributed by atoms with E-state index >= 15 is 0 Å². The summed E-state index contributed by atoms with van der Waals surface area (Å²) in [6.07, 6.45) is 0. The summed E-state index contributed by atoms with van der Waals surface area (Å²) in [5.74, 6) is 0. The Morgan fingerprint density at radius 1 is 1.00 bits per heavy atom. The van der Waals surface area contributed by atoms with Gasteiger partial charge in [-0.3, -0.25) is 0 Å². The molecule has 8 heavy (non-hydrogen) atoms. The van der Waals surface area contributed by atoms with Gasteiger partial charge in [-0.25, -0.2) is 0 Å². The molecule has 0 N–H and O–H groups in total. The number of hydrogen-bond donors (Lipinski definition) is 0. The summed E-state index contributed by atoms with van der Waals surface area (Å²) in [6.45, 7) is 0. The largest absolute Gasteiger partial charge is 2.00 e. The predicted molar refractivity (Wildman–Crippen MR) is 27.6 cm³/mol. The molecule has 0 aromatic heterocycles. The van der Waals surface area contributed by atoms with Crippen LogP contribution in [0.1, 0.15) is 0 Å². The molecule has 0 atom stereocenters. The smallest absolute Gasteiger partial charge is 0.356 e. The fourth-order valence-corrected chi connectivity index (χ4v) is 0. The van der Waals surface area contributed by atoms with Crippen LogP contribution in [0.15, 0.2) is 0 Å². The first-order valence-electron chi connectivity index (χ1n) is 0.548. The average molecular weight is 205 g/mol. The molecule has 0 heterocycles. The zero-order valence-corrected chi connectivity index (χ0v) is 13.4. The monoisotopic (exact) mass is 205 g/mol. The van der Waals surface area contributed by atoms with Crippen LogP contribution in [0.5, 0.6) is 0 Å². The van der Waals surface area contributed by atoms with Crippen LogP contribution in [0.25, 0.3) is 0 Å². The second-order valence-corrected chi connectivity index (χ2v) is 0.224. The molecule has 0 aliphatic carbocycles. The van der Waals surface area contributed by atoms with Crippen molar-refractivity contribution < 1.29 is 34.6 Å². The molecule has 0 aromatic carbocycles. The van der Waals surface area contributed by atoms with Crippen LogP contribution < -0.4 is 29.6 Å². The summed E-state index contributed by atoms with van der Waals surface area (Å²) in [7, 11) is 0. The van der Waals surface area contributed by atoms with Crippen molar-refractivity contribution in [3.05, 3.63) is 15.3 Å². The van der Waals surface area contributed by atoms with Crippen molar-refractivity contribution in [3.63, 3.8) is 0 Å². The Labute approximate surface area is 159 Å². The van der Waals surface area contributed by atoms with Crippen molar-refractivity contribution in [2.45, 2.75) is 0 Å². The van der Waals surface area contributed by atoms with Crippen LogP contribution in [0.3, 0.4) is 0 Å². The Kier molecular flexibility index (Phi) is 83.2. The van der Waals surface area contributed by atoms with Gasteiger partial charge in [-0.05, 0) is 0 Å². The molecule has 0 aromatic rings. The van der Waals surface area contributed by atoms with Gasteiger partial charge in [0, 0.05) is 0 Å². The molecule has 8 heteroatoms. The Morgan fingerprint density at radius 3 is 1.00 bits per heavy atom. The van der Waals surface area contributed by atoms with Gasteiger partial charge in [0.1, 0.15) is 0 Å². The Hall–Kier alpha value is 3.98. The van der Waals surface area contributed by atoms with Gasteiger partial charge in [0.15, 0.2) is 0 Å². The van der Waals surface area contributed by atoms with E-state index in [0.29, 0.717) is 0 Å². The molecule has 0 aliphatic rings. The van der Waals surface area contributed by atoms with E-state index in [1.54, 1.807) is 0 Å². The Balaban J connectivity index is -0.00000000750. The average Bonchev–Trinajstić information content (AvgIpc) is 0.811. The Bertz CT molecular complexity index is 37.5. The fraction of sp³-hybridized carbons (Fsp3) is 0. The van der Waals surface area contributed by atoms with Crippen LogP contribution in [-0.2, 0) is 0 Å². The van der Waals surface area contributed by atoms with Crippen molar-refractivity contribution in [3.8, 4) is 0 Å². The zero-order chi connectivity index (χ0) is 3.58. The Morgan fingerprint density at radius 2 is 1.00 bits per heavy atom. The fourth-order valence-electron chi connectivity index (χ4n) is 0. The molecule has 24 valence electrons. The minimum absolute atomic E-state index is 0. The summed E-state index contributed by atoms with van der Waals surface area (Å²) in [5, 5.41) is 14.8. The van der Waals surface area contributed by atoms with E-state index in [-0.39, 0.29) is 143 Å². The number of rotatable bonds is 0. The maximum atomic E-state index is 8.25. The second kappa shape index (κ2) is 22.4. The molecule has 0 radical (unpaired) electrons. The number of nitrogens with zero attached hydrogens (tertiary/aromatic N) is 1. The van der Waals surface area contributed by atoms with Crippen molar-refractivity contribution in [2.75, 3.05) is 0 Å². The van der Waals surface area contributed by atoms with Crippen molar-refractivity contribution in [1.82, 2.24) is 0 Å². The third-order valence-electron chi connectivity index (χ3n) is 0. The van der Waals surface area contributed by atoms with E-state index in [4.69, 9.17) is 15.3 Å². The van der Waals surface area contributed by atoms with Gasteiger partial charge in [-0.2, -0.15) is 0 Å². The van der Waals surface area contributed by atoms with Crippen LogP contribution >= 0.6 is 0 Å². The molecule has 0 rings (SSSR count). The first kappa shape index (κ1) is 29.6. The SMILES string of the molecule is O=[N+]([O-])[O-].[Ca+2].[Ca+2].[Ca+2].[Na+]. The van der Waals surface area contributed by atoms with Gasteiger partial charge in [0.25, 0.3) is 0 Å². The molecule has 0 fully saturated rings. The first-order valence-corrected chi connectivity index (χ1v) is 0.548. The maximum Gasteiger partial charge on any atom is 2.00 e. The molecule has 0 bridgehead atoms. The molecular formula is Ca3NNaO3+6. The quantitative estimate of drug-likeness (QED) is 0.228. The molecule has 0 saturated carbocycles. The van der Waals surface area contributed by atoms with E-state index < -0.39 is 5.09 Å². The second-order valence-electron chi connectivity index (χ2n) is 0.224. The zero-order valence-electron chi connectivity index (χ0n) is 4.79. The summed E-state index contributed by atoms with van der Waals surface area (Å²) in [6, 6.07) is 0. The predicted octanol–water partition coefficient (Wildman–Crippen LogP) is -4.38. The molecule has 0 amide bonds. The summed E-state index contributed by atoms with van der Waals surface area (Å²) in [5.41, 5.74) is 0. The number of hydrogen-bond acceptors (Lipinski definition) is 3. The van der Waals surface area contributed by atoms with Crippen molar-refractivity contribution in [2.24, 2.45) is 0 Å². The summed E-state index contributed by atoms with van der Waals surface area (Å²) in [4.78, 5) is 8.25. The normalized spacial score (nSPS) is 3.00. The third-order valence-corrected chi connectivity index (χ3v) is 0. The molecule has 0 saturated heterocycles. The van der Waals surface area contributed by atoms with Crippen LogP contribution in [0.4, 0.5) is 0 Å². The summed E-state index contributed by atoms with van der Waals surface area (Å²) >= 11 is 0. The topological polar surface area (TPSA) is 66.2 Å². The molecular weight excluding hydrogens is 205 g/mol. The van der Waals surface area contributed by atoms with Gasteiger partial charge in [0.05, 0.1) is 5.09 Å². The van der Waals surface area contributed by atoms with Crippen LogP contribution in [0, 0.1) is 15.3 Å². The summed E-state index contributed by atoms with van der Waals surface area (Å²) < 4.78 is 0. The minimum Gasteiger partial charge on any atom is -0.356 e.